The van der Waals surface area contributed by atoms with Gasteiger partial charge in [-0.1, -0.05) is 48.5 Å². The first-order valence-corrected chi connectivity index (χ1v) is 6.95. The van der Waals surface area contributed by atoms with Crippen molar-refractivity contribution in [1.29, 1.82) is 0 Å². The van der Waals surface area contributed by atoms with Gasteiger partial charge in [0, 0.05) is 5.56 Å². The number of nitrogens with zero attached hydrogens (tertiary/aromatic N) is 1. The van der Waals surface area contributed by atoms with Crippen LogP contribution in [-0.4, -0.2) is 4.98 Å². The predicted molar refractivity (Wildman–Crippen MR) is 89.1 cm³/mol. The highest BCUT2D eigenvalue weighted by atomic mass is 14.7. The summed E-state index contributed by atoms with van der Waals surface area (Å²) in [5.74, 6) is 0. The summed E-state index contributed by atoms with van der Waals surface area (Å²) in [6.07, 6.45) is 1.69. The molecule has 100 valence electrons. The number of aromatic nitrogens is 1. The van der Waals surface area contributed by atoms with Gasteiger partial charge in [-0.2, -0.15) is 0 Å². The van der Waals surface area contributed by atoms with Gasteiger partial charge in [-0.15, -0.1) is 0 Å². The smallest absolute Gasteiger partial charge is 0.0703 e. The van der Waals surface area contributed by atoms with Crippen LogP contribution < -0.4 is 5.73 Å². The van der Waals surface area contributed by atoms with E-state index in [4.69, 9.17) is 5.73 Å². The van der Waals surface area contributed by atoms with E-state index in [9.17, 15) is 0 Å². The molecule has 2 nitrogen and oxygen atoms in total. The third-order valence-electron chi connectivity index (χ3n) is 3.83. The molecule has 0 aliphatic carbocycles. The van der Waals surface area contributed by atoms with E-state index in [1.165, 1.54) is 21.5 Å². The summed E-state index contributed by atoms with van der Waals surface area (Å²) in [7, 11) is 0. The first kappa shape index (κ1) is 11.9. The molecular formula is C19H14N2. The summed E-state index contributed by atoms with van der Waals surface area (Å²) in [4.78, 5) is 4.39. The van der Waals surface area contributed by atoms with Crippen LogP contribution in [0.25, 0.3) is 32.8 Å². The van der Waals surface area contributed by atoms with Gasteiger partial charge in [-0.3, -0.25) is 4.98 Å². The van der Waals surface area contributed by atoms with Gasteiger partial charge >= 0.3 is 0 Å². The third-order valence-corrected chi connectivity index (χ3v) is 3.83. The van der Waals surface area contributed by atoms with E-state index in [0.29, 0.717) is 5.69 Å². The summed E-state index contributed by atoms with van der Waals surface area (Å²) in [6, 6.07) is 23.1. The molecule has 4 rings (SSSR count). The molecule has 4 aromatic rings. The zero-order valence-corrected chi connectivity index (χ0v) is 11.5. The van der Waals surface area contributed by atoms with E-state index in [-0.39, 0.29) is 0 Å². The third kappa shape index (κ3) is 2.01. The molecule has 0 spiro atoms. The minimum absolute atomic E-state index is 0.686. The average molecular weight is 270 g/mol. The number of nitrogen functional groups attached to an aromatic ring is 1. The van der Waals surface area contributed by atoms with Gasteiger partial charge in [0.05, 0.1) is 17.6 Å². The van der Waals surface area contributed by atoms with Crippen molar-refractivity contribution in [2.24, 2.45) is 0 Å². The second kappa shape index (κ2) is 4.60. The second-order valence-electron chi connectivity index (χ2n) is 5.20. The fourth-order valence-corrected chi connectivity index (χ4v) is 2.75. The number of hydrogen-bond donors (Lipinski definition) is 1. The van der Waals surface area contributed by atoms with Gasteiger partial charge in [-0.25, -0.2) is 0 Å². The molecular weight excluding hydrogens is 256 g/mol. The predicted octanol–water partition coefficient (Wildman–Crippen LogP) is 4.64. The number of anilines is 1. The van der Waals surface area contributed by atoms with Crippen molar-refractivity contribution < 1.29 is 0 Å². The fourth-order valence-electron chi connectivity index (χ4n) is 2.75. The summed E-state index contributed by atoms with van der Waals surface area (Å²) in [6.45, 7) is 0. The monoisotopic (exact) mass is 270 g/mol. The van der Waals surface area contributed by atoms with Crippen LogP contribution in [0.3, 0.4) is 0 Å². The summed E-state index contributed by atoms with van der Waals surface area (Å²) in [5, 5.41) is 5.05. The highest BCUT2D eigenvalue weighted by Crippen LogP contribution is 2.29. The number of fused-ring (bicyclic) bond motifs is 3. The van der Waals surface area contributed by atoms with Crippen LogP contribution in [-0.2, 0) is 0 Å². The van der Waals surface area contributed by atoms with E-state index >= 15 is 0 Å². The summed E-state index contributed by atoms with van der Waals surface area (Å²) < 4.78 is 0. The minimum Gasteiger partial charge on any atom is -0.397 e. The quantitative estimate of drug-likeness (QED) is 0.512. The molecule has 0 amide bonds. The van der Waals surface area contributed by atoms with Crippen molar-refractivity contribution >= 4 is 27.2 Å². The number of benzene rings is 3. The Balaban J connectivity index is 1.94. The highest BCUT2D eigenvalue weighted by molar-refractivity contribution is 6.08. The molecule has 1 aromatic heterocycles. The van der Waals surface area contributed by atoms with Crippen molar-refractivity contribution in [3.05, 3.63) is 72.9 Å². The Morgan fingerprint density at radius 3 is 2.38 bits per heavy atom. The first-order valence-electron chi connectivity index (χ1n) is 6.95. The molecule has 3 aromatic carbocycles. The molecule has 0 bridgehead atoms. The van der Waals surface area contributed by atoms with Crippen molar-refractivity contribution in [1.82, 2.24) is 4.98 Å². The largest absolute Gasteiger partial charge is 0.397 e. The van der Waals surface area contributed by atoms with E-state index in [2.05, 4.69) is 59.6 Å². The van der Waals surface area contributed by atoms with Gasteiger partial charge in [0.25, 0.3) is 0 Å². The molecule has 2 N–H and O–H groups in total. The van der Waals surface area contributed by atoms with Crippen molar-refractivity contribution in [2.45, 2.75) is 0 Å². The Labute approximate surface area is 122 Å². The summed E-state index contributed by atoms with van der Waals surface area (Å²) >= 11 is 0. The van der Waals surface area contributed by atoms with Crippen LogP contribution in [0, 0.1) is 0 Å². The molecule has 0 aliphatic rings. The summed E-state index contributed by atoms with van der Waals surface area (Å²) in [5.41, 5.74) is 8.43. The highest BCUT2D eigenvalue weighted by Gasteiger charge is 2.03. The number of nitrogens with two attached hydrogens (primary N) is 1. The fraction of sp³-hybridized carbons (Fsp3) is 0. The molecule has 0 saturated carbocycles. The lowest BCUT2D eigenvalue weighted by molar-refractivity contribution is 1.33. The molecule has 2 heteroatoms. The van der Waals surface area contributed by atoms with Crippen LogP contribution in [0.4, 0.5) is 5.69 Å². The number of rotatable bonds is 1. The van der Waals surface area contributed by atoms with Crippen LogP contribution in [0.1, 0.15) is 0 Å². The number of hydrogen-bond acceptors (Lipinski definition) is 2. The average Bonchev–Trinajstić information content (AvgIpc) is 2.55. The SMILES string of the molecule is Nc1ccc(-c2ccc3c(ccc4ccccc43)c2)nc1. The zero-order valence-electron chi connectivity index (χ0n) is 11.5. The topological polar surface area (TPSA) is 38.9 Å². The van der Waals surface area contributed by atoms with E-state index in [1.54, 1.807) is 6.20 Å². The Morgan fingerprint density at radius 2 is 1.52 bits per heavy atom. The minimum atomic E-state index is 0.686. The van der Waals surface area contributed by atoms with Crippen LogP contribution in [0.2, 0.25) is 0 Å². The zero-order chi connectivity index (χ0) is 14.2. The maximum atomic E-state index is 5.70. The molecule has 0 aliphatic heterocycles. The maximum Gasteiger partial charge on any atom is 0.0703 e. The molecule has 1 heterocycles. The van der Waals surface area contributed by atoms with E-state index in [1.807, 2.05) is 12.1 Å². The Bertz CT molecular complexity index is 940. The molecule has 0 radical (unpaired) electrons. The second-order valence-corrected chi connectivity index (χ2v) is 5.20. The van der Waals surface area contributed by atoms with Crippen LogP contribution >= 0.6 is 0 Å². The van der Waals surface area contributed by atoms with Crippen molar-refractivity contribution in [2.75, 3.05) is 5.73 Å². The Kier molecular flexibility index (Phi) is 2.61. The lowest BCUT2D eigenvalue weighted by Gasteiger charge is -2.07. The van der Waals surface area contributed by atoms with Crippen molar-refractivity contribution in [3.8, 4) is 11.3 Å². The standard InChI is InChI=1S/C19H14N2/c20-16-8-10-19(21-12-16)15-7-9-18-14(11-15)6-5-13-3-1-2-4-17(13)18/h1-12H,20H2. The van der Waals surface area contributed by atoms with Gasteiger partial charge < -0.3 is 5.73 Å². The molecule has 0 unspecified atom stereocenters. The van der Waals surface area contributed by atoms with Gasteiger partial charge in [0.15, 0.2) is 0 Å². The lowest BCUT2D eigenvalue weighted by Crippen LogP contribution is -1.88. The molecule has 0 fully saturated rings. The Morgan fingerprint density at radius 1 is 0.714 bits per heavy atom. The van der Waals surface area contributed by atoms with Gasteiger partial charge in [-0.05, 0) is 39.7 Å². The number of pyridine rings is 1. The molecule has 0 atom stereocenters. The molecule has 21 heavy (non-hydrogen) atoms. The van der Waals surface area contributed by atoms with E-state index in [0.717, 1.165) is 11.3 Å². The van der Waals surface area contributed by atoms with Gasteiger partial charge in [0.1, 0.15) is 0 Å². The van der Waals surface area contributed by atoms with Crippen LogP contribution in [0.15, 0.2) is 72.9 Å². The van der Waals surface area contributed by atoms with Gasteiger partial charge in [0.2, 0.25) is 0 Å². The lowest BCUT2D eigenvalue weighted by atomic mass is 9.99. The molecule has 0 saturated heterocycles. The first-order chi connectivity index (χ1) is 10.3. The normalized spacial score (nSPS) is 11.0. The van der Waals surface area contributed by atoms with E-state index < -0.39 is 0 Å². The Hall–Kier alpha value is -2.87. The maximum absolute atomic E-state index is 5.70. The van der Waals surface area contributed by atoms with Crippen LogP contribution in [0.5, 0.6) is 0 Å². The van der Waals surface area contributed by atoms with Crippen molar-refractivity contribution in [3.63, 3.8) is 0 Å².